The Balaban J connectivity index is 3.60. The van der Waals surface area contributed by atoms with Crippen molar-refractivity contribution in [2.24, 2.45) is 14.1 Å². The Morgan fingerprint density at radius 1 is 1.23 bits per heavy atom. The minimum atomic E-state index is -0.421. The average molecular weight is 184 g/mol. The van der Waals surface area contributed by atoms with Crippen molar-refractivity contribution in [3.63, 3.8) is 0 Å². The molecule has 1 heterocycles. The number of anilines is 1. The molecule has 6 heteroatoms. The summed E-state index contributed by atoms with van der Waals surface area (Å²) in [5.74, 6) is 0.254. The SMILES string of the molecule is CN(C)c1nn(C)c(=O)n(C)c1=O. The van der Waals surface area contributed by atoms with Gasteiger partial charge in [0, 0.05) is 28.2 Å². The van der Waals surface area contributed by atoms with Gasteiger partial charge in [-0.05, 0) is 0 Å². The van der Waals surface area contributed by atoms with Gasteiger partial charge in [0.05, 0.1) is 0 Å². The second kappa shape index (κ2) is 3.04. The van der Waals surface area contributed by atoms with Gasteiger partial charge in [0.1, 0.15) is 0 Å². The molecule has 0 bridgehead atoms. The fourth-order valence-corrected chi connectivity index (χ4v) is 0.962. The van der Waals surface area contributed by atoms with Crippen molar-refractivity contribution in [3.8, 4) is 0 Å². The number of aryl methyl sites for hydroxylation is 1. The van der Waals surface area contributed by atoms with Crippen LogP contribution in [-0.2, 0) is 14.1 Å². The maximum atomic E-state index is 11.4. The molecule has 0 unspecified atom stereocenters. The summed E-state index contributed by atoms with van der Waals surface area (Å²) >= 11 is 0. The summed E-state index contributed by atoms with van der Waals surface area (Å²) < 4.78 is 2.17. The van der Waals surface area contributed by atoms with Crippen LogP contribution >= 0.6 is 0 Å². The molecule has 0 saturated heterocycles. The molecule has 0 aromatic carbocycles. The zero-order valence-corrected chi connectivity index (χ0v) is 8.11. The first-order valence-electron chi connectivity index (χ1n) is 3.77. The predicted octanol–water partition coefficient (Wildman–Crippen LogP) is -1.45. The van der Waals surface area contributed by atoms with Gasteiger partial charge in [-0.1, -0.05) is 0 Å². The molecule has 0 atom stereocenters. The highest BCUT2D eigenvalue weighted by atomic mass is 16.2. The van der Waals surface area contributed by atoms with Crippen LogP contribution in [0.1, 0.15) is 0 Å². The molecule has 0 aliphatic rings. The lowest BCUT2D eigenvalue weighted by Crippen LogP contribution is -2.41. The van der Waals surface area contributed by atoms with E-state index in [0.717, 1.165) is 9.25 Å². The molecule has 0 amide bonds. The van der Waals surface area contributed by atoms with Crippen LogP contribution in [0.3, 0.4) is 0 Å². The number of rotatable bonds is 1. The Kier molecular flexibility index (Phi) is 2.22. The molecule has 0 aliphatic heterocycles. The van der Waals surface area contributed by atoms with E-state index in [0.29, 0.717) is 0 Å². The Hall–Kier alpha value is -1.59. The van der Waals surface area contributed by atoms with Crippen molar-refractivity contribution in [1.82, 2.24) is 14.3 Å². The van der Waals surface area contributed by atoms with E-state index in [1.165, 1.54) is 14.1 Å². The topological polar surface area (TPSA) is 60.1 Å². The minimum absolute atomic E-state index is 0.254. The zero-order valence-electron chi connectivity index (χ0n) is 8.11. The van der Waals surface area contributed by atoms with Crippen LogP contribution in [0, 0.1) is 0 Å². The third-order valence-electron chi connectivity index (χ3n) is 1.73. The maximum absolute atomic E-state index is 11.4. The molecular formula is C7H12N4O2. The monoisotopic (exact) mass is 184 g/mol. The van der Waals surface area contributed by atoms with Crippen molar-refractivity contribution < 1.29 is 0 Å². The van der Waals surface area contributed by atoms with E-state index in [1.54, 1.807) is 19.0 Å². The van der Waals surface area contributed by atoms with Gasteiger partial charge in [0.2, 0.25) is 5.82 Å². The van der Waals surface area contributed by atoms with Gasteiger partial charge in [0.15, 0.2) is 0 Å². The van der Waals surface area contributed by atoms with Gasteiger partial charge in [0.25, 0.3) is 5.56 Å². The van der Waals surface area contributed by atoms with E-state index in [2.05, 4.69) is 5.10 Å². The van der Waals surface area contributed by atoms with Gasteiger partial charge in [-0.15, -0.1) is 5.10 Å². The summed E-state index contributed by atoms with van der Waals surface area (Å²) in [7, 11) is 6.34. The zero-order chi connectivity index (χ0) is 10.2. The number of hydrogen-bond donors (Lipinski definition) is 0. The highest BCUT2D eigenvalue weighted by molar-refractivity contribution is 5.31. The third kappa shape index (κ3) is 1.47. The van der Waals surface area contributed by atoms with Gasteiger partial charge in [-0.25, -0.2) is 9.48 Å². The van der Waals surface area contributed by atoms with Crippen LogP contribution in [0.25, 0.3) is 0 Å². The van der Waals surface area contributed by atoms with E-state index in [9.17, 15) is 9.59 Å². The van der Waals surface area contributed by atoms with Crippen LogP contribution in [0.4, 0.5) is 5.82 Å². The van der Waals surface area contributed by atoms with Crippen LogP contribution in [0.5, 0.6) is 0 Å². The standard InChI is InChI=1S/C7H12N4O2/c1-9(2)5-6(12)10(3)7(13)11(4)8-5/h1-4H3. The van der Waals surface area contributed by atoms with E-state index in [4.69, 9.17) is 0 Å². The largest absolute Gasteiger partial charge is 0.357 e. The van der Waals surface area contributed by atoms with Crippen molar-refractivity contribution in [2.45, 2.75) is 0 Å². The second-order valence-electron chi connectivity index (χ2n) is 2.99. The molecule has 6 nitrogen and oxygen atoms in total. The fourth-order valence-electron chi connectivity index (χ4n) is 0.962. The molecule has 1 aromatic heterocycles. The summed E-state index contributed by atoms with van der Waals surface area (Å²) in [6, 6.07) is 0. The quantitative estimate of drug-likeness (QED) is 0.535. The van der Waals surface area contributed by atoms with Crippen molar-refractivity contribution in [3.05, 3.63) is 20.8 Å². The summed E-state index contributed by atoms with van der Waals surface area (Å²) in [5.41, 5.74) is -0.802. The van der Waals surface area contributed by atoms with E-state index in [-0.39, 0.29) is 11.4 Å². The molecule has 0 saturated carbocycles. The molecule has 0 fully saturated rings. The molecule has 0 aliphatic carbocycles. The summed E-state index contributed by atoms with van der Waals surface area (Å²) in [6.07, 6.45) is 0. The van der Waals surface area contributed by atoms with Crippen LogP contribution < -0.4 is 16.1 Å². The highest BCUT2D eigenvalue weighted by Gasteiger charge is 2.09. The minimum Gasteiger partial charge on any atom is -0.357 e. The Labute approximate surface area is 75.0 Å². The van der Waals surface area contributed by atoms with Crippen LogP contribution in [-0.4, -0.2) is 28.4 Å². The Morgan fingerprint density at radius 2 is 1.77 bits per heavy atom. The lowest BCUT2D eigenvalue weighted by atomic mass is 10.6. The lowest BCUT2D eigenvalue weighted by molar-refractivity contribution is 0.598. The maximum Gasteiger partial charge on any atom is 0.346 e. The number of nitrogens with zero attached hydrogens (tertiary/aromatic N) is 4. The lowest BCUT2D eigenvalue weighted by Gasteiger charge is -2.11. The second-order valence-corrected chi connectivity index (χ2v) is 2.99. The molecular weight excluding hydrogens is 172 g/mol. The number of hydrogen-bond acceptors (Lipinski definition) is 4. The smallest absolute Gasteiger partial charge is 0.346 e. The first kappa shape index (κ1) is 9.50. The van der Waals surface area contributed by atoms with Gasteiger partial charge in [-0.2, -0.15) is 0 Å². The molecule has 0 radical (unpaired) electrons. The highest BCUT2D eigenvalue weighted by Crippen LogP contribution is 1.92. The molecule has 72 valence electrons. The first-order valence-corrected chi connectivity index (χ1v) is 3.77. The van der Waals surface area contributed by atoms with Crippen molar-refractivity contribution >= 4 is 5.82 Å². The van der Waals surface area contributed by atoms with Gasteiger partial charge in [-0.3, -0.25) is 9.36 Å². The molecule has 0 N–H and O–H groups in total. The van der Waals surface area contributed by atoms with Crippen molar-refractivity contribution in [2.75, 3.05) is 19.0 Å². The van der Waals surface area contributed by atoms with E-state index >= 15 is 0 Å². The molecule has 13 heavy (non-hydrogen) atoms. The normalized spacial score (nSPS) is 10.2. The van der Waals surface area contributed by atoms with Crippen LogP contribution in [0.2, 0.25) is 0 Å². The molecule has 0 spiro atoms. The first-order chi connectivity index (χ1) is 5.95. The molecule has 1 rings (SSSR count). The van der Waals surface area contributed by atoms with Crippen LogP contribution in [0.15, 0.2) is 9.59 Å². The fraction of sp³-hybridized carbons (Fsp3) is 0.571. The summed E-state index contributed by atoms with van der Waals surface area (Å²) in [4.78, 5) is 24.2. The summed E-state index contributed by atoms with van der Waals surface area (Å²) in [6.45, 7) is 0. The predicted molar refractivity (Wildman–Crippen MR) is 49.0 cm³/mol. The van der Waals surface area contributed by atoms with E-state index in [1.807, 2.05) is 0 Å². The average Bonchev–Trinajstić information content (AvgIpc) is 2.07. The Morgan fingerprint density at radius 3 is 2.23 bits per heavy atom. The molecule has 1 aromatic rings. The summed E-state index contributed by atoms with van der Waals surface area (Å²) in [5, 5.41) is 3.83. The number of aromatic nitrogens is 3. The Bertz CT molecular complexity index is 429. The van der Waals surface area contributed by atoms with Gasteiger partial charge < -0.3 is 4.90 Å². The van der Waals surface area contributed by atoms with Gasteiger partial charge >= 0.3 is 5.69 Å². The van der Waals surface area contributed by atoms with E-state index < -0.39 is 5.69 Å². The third-order valence-corrected chi connectivity index (χ3v) is 1.73. The van der Waals surface area contributed by atoms with Crippen molar-refractivity contribution in [1.29, 1.82) is 0 Å².